The van der Waals surface area contributed by atoms with Crippen LogP contribution in [0.1, 0.15) is 41.7 Å². The van der Waals surface area contributed by atoms with Gasteiger partial charge in [-0.05, 0) is 55.2 Å². The topological polar surface area (TPSA) is 40.5 Å². The summed E-state index contributed by atoms with van der Waals surface area (Å²) in [5.74, 6) is 0.0868. The minimum atomic E-state index is -4.41. The van der Waals surface area contributed by atoms with E-state index >= 15 is 0 Å². The van der Waals surface area contributed by atoms with E-state index in [-0.39, 0.29) is 24.5 Å². The summed E-state index contributed by atoms with van der Waals surface area (Å²) in [6.07, 6.45) is -1.09. The molecular formula is C22H26F3NO2S. The van der Waals surface area contributed by atoms with Gasteiger partial charge in [0, 0.05) is 36.4 Å². The largest absolute Gasteiger partial charge is 0.416 e. The lowest BCUT2D eigenvalue weighted by Crippen LogP contribution is -2.45. The number of alkyl halides is 3. The molecule has 0 bridgehead atoms. The first-order valence-corrected chi connectivity index (χ1v) is 10.8. The first-order chi connectivity index (χ1) is 13.8. The van der Waals surface area contributed by atoms with Crippen LogP contribution in [-0.4, -0.2) is 35.6 Å². The number of carbonyl (C=O) groups excluding carboxylic acids is 1. The molecule has 1 aromatic heterocycles. The number of aliphatic hydroxyl groups excluding tert-OH is 1. The van der Waals surface area contributed by atoms with Crippen molar-refractivity contribution in [2.45, 2.75) is 44.7 Å². The van der Waals surface area contributed by atoms with Gasteiger partial charge in [0.15, 0.2) is 0 Å². The third kappa shape index (κ3) is 5.60. The summed E-state index contributed by atoms with van der Waals surface area (Å²) in [4.78, 5) is 15.5. The Morgan fingerprint density at radius 3 is 2.48 bits per heavy atom. The zero-order valence-electron chi connectivity index (χ0n) is 16.3. The maximum Gasteiger partial charge on any atom is 0.416 e. The molecule has 1 N–H and O–H groups in total. The Kier molecular flexibility index (Phi) is 7.01. The fourth-order valence-electron chi connectivity index (χ4n) is 4.00. The summed E-state index contributed by atoms with van der Waals surface area (Å²) in [5, 5.41) is 12.0. The van der Waals surface area contributed by atoms with E-state index in [1.807, 2.05) is 11.4 Å². The minimum absolute atomic E-state index is 0.0868. The van der Waals surface area contributed by atoms with Crippen molar-refractivity contribution in [3.05, 3.63) is 57.8 Å². The van der Waals surface area contributed by atoms with Gasteiger partial charge in [0.2, 0.25) is 5.91 Å². The number of aliphatic hydroxyl groups is 1. The Morgan fingerprint density at radius 1 is 1.14 bits per heavy atom. The van der Waals surface area contributed by atoms with Crippen LogP contribution in [0.5, 0.6) is 0 Å². The Balaban J connectivity index is 1.56. The standard InChI is InChI=1S/C22H26F3NO2S/c23-22(24,25)19-8-2-1-5-17(19)15-21(16-27)10-12-26(13-11-21)20(28)9-3-6-18-7-4-14-29-18/h1-2,4-5,7-8,14,27H,3,6,9-13,15-16H2. The highest BCUT2D eigenvalue weighted by Crippen LogP contribution is 2.39. The van der Waals surface area contributed by atoms with Gasteiger partial charge in [0.25, 0.3) is 0 Å². The molecule has 0 atom stereocenters. The number of halogens is 3. The molecule has 1 amide bonds. The number of aryl methyl sites for hydroxylation is 1. The molecule has 0 saturated carbocycles. The fraction of sp³-hybridized carbons (Fsp3) is 0.500. The summed E-state index contributed by atoms with van der Waals surface area (Å²) in [5.41, 5.74) is -1.04. The van der Waals surface area contributed by atoms with Crippen LogP contribution < -0.4 is 0 Å². The molecule has 1 saturated heterocycles. The van der Waals surface area contributed by atoms with Crippen molar-refractivity contribution in [2.75, 3.05) is 19.7 Å². The van der Waals surface area contributed by atoms with Gasteiger partial charge in [0.05, 0.1) is 5.56 Å². The Bertz CT molecular complexity index is 797. The molecular weight excluding hydrogens is 399 g/mol. The van der Waals surface area contributed by atoms with Crippen molar-refractivity contribution in [1.82, 2.24) is 4.90 Å². The summed E-state index contributed by atoms with van der Waals surface area (Å²) < 4.78 is 39.9. The third-order valence-electron chi connectivity index (χ3n) is 5.79. The van der Waals surface area contributed by atoms with Gasteiger partial charge < -0.3 is 10.0 Å². The van der Waals surface area contributed by atoms with Crippen molar-refractivity contribution < 1.29 is 23.1 Å². The van der Waals surface area contributed by atoms with Crippen molar-refractivity contribution in [2.24, 2.45) is 5.41 Å². The predicted octanol–water partition coefficient (Wildman–Crippen LogP) is 4.93. The number of benzene rings is 1. The van der Waals surface area contributed by atoms with Crippen LogP contribution in [-0.2, 0) is 23.8 Å². The lowest BCUT2D eigenvalue weighted by atomic mass is 9.73. The van der Waals surface area contributed by atoms with Crippen LogP contribution in [0.15, 0.2) is 41.8 Å². The first-order valence-electron chi connectivity index (χ1n) is 9.89. The van der Waals surface area contributed by atoms with Gasteiger partial charge >= 0.3 is 6.18 Å². The number of hydrogen-bond acceptors (Lipinski definition) is 3. The maximum atomic E-state index is 13.3. The molecule has 1 fully saturated rings. The number of likely N-dealkylation sites (tertiary alicyclic amines) is 1. The number of nitrogens with zero attached hydrogens (tertiary/aromatic N) is 1. The van der Waals surface area contributed by atoms with Crippen LogP contribution in [0.3, 0.4) is 0 Å². The molecule has 2 heterocycles. The molecule has 1 aliphatic heterocycles. The lowest BCUT2D eigenvalue weighted by molar-refractivity contribution is -0.138. The molecule has 29 heavy (non-hydrogen) atoms. The molecule has 0 radical (unpaired) electrons. The second-order valence-corrected chi connectivity index (χ2v) is 8.84. The van der Waals surface area contributed by atoms with Gasteiger partial charge in [-0.1, -0.05) is 24.3 Å². The van der Waals surface area contributed by atoms with Crippen molar-refractivity contribution in [1.29, 1.82) is 0 Å². The van der Waals surface area contributed by atoms with Crippen molar-refractivity contribution in [3.8, 4) is 0 Å². The van der Waals surface area contributed by atoms with Crippen LogP contribution in [0, 0.1) is 5.41 Å². The van der Waals surface area contributed by atoms with Gasteiger partial charge in [-0.2, -0.15) is 13.2 Å². The Labute approximate surface area is 173 Å². The smallest absolute Gasteiger partial charge is 0.396 e. The third-order valence-corrected chi connectivity index (χ3v) is 6.73. The van der Waals surface area contributed by atoms with E-state index in [0.717, 1.165) is 18.9 Å². The molecule has 3 nitrogen and oxygen atoms in total. The molecule has 0 spiro atoms. The normalized spacial score (nSPS) is 16.8. The first kappa shape index (κ1) is 21.8. The molecule has 158 valence electrons. The Morgan fingerprint density at radius 2 is 1.86 bits per heavy atom. The second-order valence-electron chi connectivity index (χ2n) is 7.80. The van der Waals surface area contributed by atoms with Crippen molar-refractivity contribution in [3.63, 3.8) is 0 Å². The molecule has 0 aliphatic carbocycles. The molecule has 7 heteroatoms. The van der Waals surface area contributed by atoms with Crippen molar-refractivity contribution >= 4 is 17.2 Å². The van der Waals surface area contributed by atoms with Gasteiger partial charge in [-0.3, -0.25) is 4.79 Å². The number of piperidine rings is 1. The molecule has 3 rings (SSSR count). The Hall–Kier alpha value is -1.86. The molecule has 0 unspecified atom stereocenters. The van der Waals surface area contributed by atoms with E-state index in [1.54, 1.807) is 22.3 Å². The monoisotopic (exact) mass is 425 g/mol. The van der Waals surface area contributed by atoms with E-state index in [9.17, 15) is 23.1 Å². The predicted molar refractivity (Wildman–Crippen MR) is 108 cm³/mol. The zero-order valence-corrected chi connectivity index (χ0v) is 17.1. The number of rotatable bonds is 7. The van der Waals surface area contributed by atoms with Crippen LogP contribution in [0.4, 0.5) is 13.2 Å². The number of amides is 1. The van der Waals surface area contributed by atoms with Crippen LogP contribution in [0.25, 0.3) is 0 Å². The summed E-state index contributed by atoms with van der Waals surface area (Å²) in [6, 6.07) is 9.62. The molecule has 1 aromatic carbocycles. The number of carbonyl (C=O) groups is 1. The highest BCUT2D eigenvalue weighted by atomic mass is 32.1. The maximum absolute atomic E-state index is 13.3. The lowest BCUT2D eigenvalue weighted by Gasteiger charge is -2.41. The average Bonchev–Trinajstić information content (AvgIpc) is 3.21. The van der Waals surface area contributed by atoms with Gasteiger partial charge in [0.1, 0.15) is 0 Å². The quantitative estimate of drug-likeness (QED) is 0.683. The van der Waals surface area contributed by atoms with E-state index in [1.165, 1.54) is 17.0 Å². The number of hydrogen-bond donors (Lipinski definition) is 1. The van der Waals surface area contributed by atoms with E-state index in [2.05, 4.69) is 6.07 Å². The highest BCUT2D eigenvalue weighted by Gasteiger charge is 2.39. The van der Waals surface area contributed by atoms with E-state index < -0.39 is 17.2 Å². The SMILES string of the molecule is O=C(CCCc1cccs1)N1CCC(CO)(Cc2ccccc2C(F)(F)F)CC1. The van der Waals surface area contributed by atoms with Gasteiger partial charge in [-0.25, -0.2) is 0 Å². The molecule has 2 aromatic rings. The minimum Gasteiger partial charge on any atom is -0.396 e. The van der Waals surface area contributed by atoms with E-state index in [0.29, 0.717) is 32.4 Å². The summed E-state index contributed by atoms with van der Waals surface area (Å²) >= 11 is 1.68. The number of thiophene rings is 1. The highest BCUT2D eigenvalue weighted by molar-refractivity contribution is 7.09. The zero-order chi connectivity index (χ0) is 20.9. The summed E-state index contributed by atoms with van der Waals surface area (Å²) in [7, 11) is 0. The second kappa shape index (κ2) is 9.30. The fourth-order valence-corrected chi connectivity index (χ4v) is 4.75. The average molecular weight is 426 g/mol. The van der Waals surface area contributed by atoms with Crippen LogP contribution >= 0.6 is 11.3 Å². The molecule has 1 aliphatic rings. The van der Waals surface area contributed by atoms with Gasteiger partial charge in [-0.15, -0.1) is 11.3 Å². The summed E-state index contributed by atoms with van der Waals surface area (Å²) in [6.45, 7) is 0.777. The van der Waals surface area contributed by atoms with Crippen LogP contribution in [0.2, 0.25) is 0 Å². The van der Waals surface area contributed by atoms with E-state index in [4.69, 9.17) is 0 Å².